The molecule has 2 N–H and O–H groups in total. The van der Waals surface area contributed by atoms with E-state index in [2.05, 4.69) is 20.5 Å². The van der Waals surface area contributed by atoms with Crippen LogP contribution in [0, 0.1) is 12.7 Å². The number of carbonyl (C=O) groups is 2. The number of hydrogen-bond acceptors (Lipinski definition) is 5. The third-order valence-electron chi connectivity index (χ3n) is 5.22. The van der Waals surface area contributed by atoms with Crippen LogP contribution in [0.25, 0.3) is 0 Å². The zero-order chi connectivity index (χ0) is 22.9. The molecule has 1 fully saturated rings. The summed E-state index contributed by atoms with van der Waals surface area (Å²) in [6.07, 6.45) is 2.85. The van der Waals surface area contributed by atoms with Gasteiger partial charge in [0, 0.05) is 37.6 Å². The van der Waals surface area contributed by atoms with E-state index in [0.29, 0.717) is 37.5 Å². The minimum Gasteiger partial charge on any atom is -0.450 e. The van der Waals surface area contributed by atoms with Crippen LogP contribution >= 0.6 is 0 Å². The first kappa shape index (κ1) is 23.5. The van der Waals surface area contributed by atoms with Crippen molar-refractivity contribution in [1.29, 1.82) is 0 Å². The molecule has 3 rings (SSSR count). The van der Waals surface area contributed by atoms with Crippen molar-refractivity contribution in [3.05, 3.63) is 53.6 Å². The Hall–Kier alpha value is -3.20. The van der Waals surface area contributed by atoms with Crippen LogP contribution < -0.4 is 10.6 Å². The van der Waals surface area contributed by atoms with Gasteiger partial charge in [-0.2, -0.15) is 0 Å². The van der Waals surface area contributed by atoms with Gasteiger partial charge in [-0.3, -0.25) is 9.88 Å². The maximum atomic E-state index is 14.1. The molecular formula is C23H30FN5O3. The number of halogens is 1. The second-order valence-corrected chi connectivity index (χ2v) is 7.75. The molecule has 0 radical (unpaired) electrons. The maximum absolute atomic E-state index is 14.1. The highest BCUT2D eigenvalue weighted by molar-refractivity contribution is 5.99. The van der Waals surface area contributed by atoms with E-state index in [1.165, 1.54) is 12.1 Å². The summed E-state index contributed by atoms with van der Waals surface area (Å²) in [5, 5.41) is 5.36. The number of rotatable bonds is 7. The Balaban J connectivity index is 1.45. The van der Waals surface area contributed by atoms with Crippen molar-refractivity contribution < 1.29 is 18.7 Å². The van der Waals surface area contributed by atoms with Crippen molar-refractivity contribution in [1.82, 2.24) is 14.8 Å². The van der Waals surface area contributed by atoms with Crippen molar-refractivity contribution in [2.45, 2.75) is 26.7 Å². The Kier molecular flexibility index (Phi) is 8.38. The van der Waals surface area contributed by atoms with Crippen LogP contribution in [0.1, 0.15) is 24.6 Å². The monoisotopic (exact) mass is 443 g/mol. The topological polar surface area (TPSA) is 86.8 Å². The molecular weight excluding hydrogens is 413 g/mol. The molecule has 1 aliphatic rings. The molecule has 2 aromatic rings. The number of carbonyl (C=O) groups excluding carboxylic acids is 2. The summed E-state index contributed by atoms with van der Waals surface area (Å²) < 4.78 is 19.1. The second-order valence-electron chi connectivity index (χ2n) is 7.75. The van der Waals surface area contributed by atoms with Gasteiger partial charge in [0.05, 0.1) is 18.5 Å². The van der Waals surface area contributed by atoms with Crippen molar-refractivity contribution in [2.24, 2.45) is 0 Å². The molecule has 0 spiro atoms. The first-order valence-corrected chi connectivity index (χ1v) is 10.9. The minimum absolute atomic E-state index is 0.255. The molecule has 1 aliphatic heterocycles. The van der Waals surface area contributed by atoms with Gasteiger partial charge in [-0.25, -0.2) is 14.0 Å². The van der Waals surface area contributed by atoms with E-state index in [1.807, 2.05) is 6.92 Å². The molecule has 9 heteroatoms. The largest absolute Gasteiger partial charge is 0.450 e. The molecule has 1 aromatic heterocycles. The Morgan fingerprint density at radius 1 is 1.09 bits per heavy atom. The lowest BCUT2D eigenvalue weighted by Gasteiger charge is -2.34. The number of nitrogens with zero attached hydrogens (tertiary/aromatic N) is 3. The van der Waals surface area contributed by atoms with E-state index in [0.717, 1.165) is 37.3 Å². The fourth-order valence-corrected chi connectivity index (χ4v) is 3.58. The molecule has 2 heterocycles. The van der Waals surface area contributed by atoms with Gasteiger partial charge in [0.15, 0.2) is 0 Å². The van der Waals surface area contributed by atoms with Crippen LogP contribution in [-0.4, -0.2) is 66.2 Å². The van der Waals surface area contributed by atoms with Crippen LogP contribution in [0.3, 0.4) is 0 Å². The smallest absolute Gasteiger partial charge is 0.409 e. The van der Waals surface area contributed by atoms with E-state index in [1.54, 1.807) is 36.2 Å². The molecule has 0 aliphatic carbocycles. The fraction of sp³-hybridized carbons (Fsp3) is 0.435. The van der Waals surface area contributed by atoms with Crippen LogP contribution in [0.5, 0.6) is 0 Å². The summed E-state index contributed by atoms with van der Waals surface area (Å²) in [7, 11) is 0. The molecule has 1 saturated heterocycles. The molecule has 8 nitrogen and oxygen atoms in total. The van der Waals surface area contributed by atoms with Gasteiger partial charge in [0.25, 0.3) is 0 Å². The van der Waals surface area contributed by atoms with Crippen LogP contribution in [0.15, 0.2) is 36.5 Å². The van der Waals surface area contributed by atoms with Crippen molar-refractivity contribution >= 4 is 23.5 Å². The highest BCUT2D eigenvalue weighted by atomic mass is 19.1. The number of hydrogen-bond donors (Lipinski definition) is 2. The van der Waals surface area contributed by atoms with E-state index < -0.39 is 11.8 Å². The predicted molar refractivity (Wildman–Crippen MR) is 121 cm³/mol. The number of piperazine rings is 1. The normalized spacial score (nSPS) is 14.2. The van der Waals surface area contributed by atoms with Crippen molar-refractivity contribution in [3.8, 4) is 0 Å². The lowest BCUT2D eigenvalue weighted by Crippen LogP contribution is -2.49. The number of anilines is 2. The number of ether oxygens (including phenoxy) is 1. The number of amides is 3. The van der Waals surface area contributed by atoms with Gasteiger partial charge in [-0.1, -0.05) is 0 Å². The van der Waals surface area contributed by atoms with Crippen molar-refractivity contribution in [2.75, 3.05) is 50.0 Å². The van der Waals surface area contributed by atoms with E-state index in [4.69, 9.17) is 4.74 Å². The van der Waals surface area contributed by atoms with E-state index in [9.17, 15) is 14.0 Å². The Morgan fingerprint density at radius 2 is 1.84 bits per heavy atom. The lowest BCUT2D eigenvalue weighted by atomic mass is 10.1. The number of aromatic nitrogens is 1. The Labute approximate surface area is 187 Å². The molecule has 172 valence electrons. The van der Waals surface area contributed by atoms with Gasteiger partial charge < -0.3 is 20.3 Å². The van der Waals surface area contributed by atoms with Crippen molar-refractivity contribution in [3.63, 3.8) is 0 Å². The summed E-state index contributed by atoms with van der Waals surface area (Å²) in [5.74, 6) is -0.391. The van der Waals surface area contributed by atoms with E-state index >= 15 is 0 Å². The zero-order valence-corrected chi connectivity index (χ0v) is 18.6. The van der Waals surface area contributed by atoms with Crippen LogP contribution in [0.2, 0.25) is 0 Å². The summed E-state index contributed by atoms with van der Waals surface area (Å²) >= 11 is 0. The maximum Gasteiger partial charge on any atom is 0.409 e. The van der Waals surface area contributed by atoms with Gasteiger partial charge in [-0.05, 0) is 69.1 Å². The third kappa shape index (κ3) is 7.19. The SMILES string of the molecule is CCOC(=O)N1CCN(CCCc2cc(F)cc(NC(=O)Nc3ccc(C)nc3)c2)CC1. The van der Waals surface area contributed by atoms with Gasteiger partial charge in [0.2, 0.25) is 0 Å². The quantitative estimate of drug-likeness (QED) is 0.678. The van der Waals surface area contributed by atoms with Crippen LogP contribution in [-0.2, 0) is 11.2 Å². The summed E-state index contributed by atoms with van der Waals surface area (Å²) in [5.41, 5.74) is 2.64. The molecule has 32 heavy (non-hydrogen) atoms. The van der Waals surface area contributed by atoms with Gasteiger partial charge >= 0.3 is 12.1 Å². The van der Waals surface area contributed by atoms with Crippen LogP contribution in [0.4, 0.5) is 25.4 Å². The third-order valence-corrected chi connectivity index (χ3v) is 5.22. The lowest BCUT2D eigenvalue weighted by molar-refractivity contribution is 0.0794. The number of nitrogens with one attached hydrogen (secondary N) is 2. The average molecular weight is 444 g/mol. The van der Waals surface area contributed by atoms with Gasteiger partial charge in [0.1, 0.15) is 5.82 Å². The molecule has 0 saturated carbocycles. The predicted octanol–water partition coefficient (Wildman–Crippen LogP) is 3.88. The summed E-state index contributed by atoms with van der Waals surface area (Å²) in [6.45, 7) is 7.80. The molecule has 0 bridgehead atoms. The summed E-state index contributed by atoms with van der Waals surface area (Å²) in [6, 6.07) is 7.68. The first-order valence-electron chi connectivity index (χ1n) is 10.9. The molecule has 1 aromatic carbocycles. The Morgan fingerprint density at radius 3 is 2.53 bits per heavy atom. The number of aryl methyl sites for hydroxylation is 2. The van der Waals surface area contributed by atoms with E-state index in [-0.39, 0.29) is 6.09 Å². The van der Waals surface area contributed by atoms with Gasteiger partial charge in [-0.15, -0.1) is 0 Å². The standard InChI is InChI=1S/C23H30FN5O3/c1-3-32-23(31)29-11-9-28(10-12-29)8-4-5-18-13-19(24)15-21(14-18)27-22(30)26-20-7-6-17(2)25-16-20/h6-7,13-16H,3-5,8-12H2,1-2H3,(H2,26,27,30). The number of urea groups is 1. The number of pyridine rings is 1. The first-order chi connectivity index (χ1) is 15.4. The zero-order valence-electron chi connectivity index (χ0n) is 18.6. The highest BCUT2D eigenvalue weighted by Gasteiger charge is 2.21. The minimum atomic E-state index is -0.452. The molecule has 3 amide bonds. The molecule has 0 unspecified atom stereocenters. The molecule has 0 atom stereocenters. The fourth-order valence-electron chi connectivity index (χ4n) is 3.58. The average Bonchev–Trinajstić information content (AvgIpc) is 2.75. The highest BCUT2D eigenvalue weighted by Crippen LogP contribution is 2.17. The summed E-state index contributed by atoms with van der Waals surface area (Å²) in [4.78, 5) is 32.1. The second kappa shape index (κ2) is 11.4. The number of benzene rings is 1. The Bertz CT molecular complexity index is 914.